The molecule has 0 spiro atoms. The zero-order chi connectivity index (χ0) is 15.0. The van der Waals surface area contributed by atoms with Crippen LogP contribution in [0.1, 0.15) is 5.69 Å². The Morgan fingerprint density at radius 2 is 1.48 bits per heavy atom. The molecule has 0 radical (unpaired) electrons. The highest BCUT2D eigenvalue weighted by molar-refractivity contribution is 7.90. The molecule has 21 heavy (non-hydrogen) atoms. The van der Waals surface area contributed by atoms with E-state index in [4.69, 9.17) is 0 Å². The van der Waals surface area contributed by atoms with Crippen LogP contribution in [-0.4, -0.2) is 24.9 Å². The minimum Gasteiger partial charge on any atom is -0.224 e. The summed E-state index contributed by atoms with van der Waals surface area (Å²) < 4.78 is 24.0. The summed E-state index contributed by atoms with van der Waals surface area (Å²) in [6, 6.07) is 14.6. The molecule has 0 aliphatic rings. The molecule has 0 aliphatic heterocycles. The molecule has 0 bridgehead atoms. The van der Waals surface area contributed by atoms with Crippen LogP contribution in [0.3, 0.4) is 0 Å². The molecule has 0 unspecified atom stereocenters. The number of sulfone groups is 1. The van der Waals surface area contributed by atoms with Gasteiger partial charge < -0.3 is 0 Å². The van der Waals surface area contributed by atoms with Crippen molar-refractivity contribution in [1.82, 2.24) is 10.2 Å². The van der Waals surface area contributed by atoms with E-state index in [0.29, 0.717) is 11.3 Å². The second kappa shape index (κ2) is 4.93. The topological polar surface area (TPSA) is 59.9 Å². The van der Waals surface area contributed by atoms with E-state index >= 15 is 0 Å². The fourth-order valence-electron chi connectivity index (χ4n) is 2.42. The van der Waals surface area contributed by atoms with Gasteiger partial charge in [0.05, 0.1) is 10.6 Å². The third-order valence-corrected chi connectivity index (χ3v) is 4.57. The van der Waals surface area contributed by atoms with Crippen molar-refractivity contribution in [3.05, 3.63) is 54.2 Å². The van der Waals surface area contributed by atoms with Gasteiger partial charge in [-0.25, -0.2) is 8.42 Å². The van der Waals surface area contributed by atoms with Crippen LogP contribution in [0.15, 0.2) is 53.4 Å². The van der Waals surface area contributed by atoms with E-state index in [1.165, 1.54) is 6.26 Å². The molecule has 5 heteroatoms. The zero-order valence-corrected chi connectivity index (χ0v) is 12.6. The number of fused-ring (bicyclic) bond motifs is 1. The van der Waals surface area contributed by atoms with E-state index in [2.05, 4.69) is 10.2 Å². The summed E-state index contributed by atoms with van der Waals surface area (Å²) in [7, 11) is -3.33. The molecule has 0 atom stereocenters. The smallest absolute Gasteiger partial charge is 0.176 e. The maximum absolute atomic E-state index is 12.0. The predicted molar refractivity (Wildman–Crippen MR) is 82.8 cm³/mol. The number of aromatic nitrogens is 2. The maximum Gasteiger partial charge on any atom is 0.176 e. The average Bonchev–Trinajstić information content (AvgIpc) is 2.47. The van der Waals surface area contributed by atoms with Gasteiger partial charge in [-0.15, -0.1) is 5.10 Å². The average molecular weight is 298 g/mol. The number of hydrogen-bond donors (Lipinski definition) is 0. The van der Waals surface area contributed by atoms with E-state index in [1.807, 2.05) is 31.2 Å². The number of benzene rings is 2. The molecule has 3 aromatic rings. The summed E-state index contributed by atoms with van der Waals surface area (Å²) in [6.45, 7) is 1.89. The fourth-order valence-corrected chi connectivity index (χ4v) is 3.31. The molecule has 3 rings (SSSR count). The Hall–Kier alpha value is -2.27. The normalized spacial score (nSPS) is 11.7. The van der Waals surface area contributed by atoms with Gasteiger partial charge >= 0.3 is 0 Å². The minimum atomic E-state index is -3.33. The van der Waals surface area contributed by atoms with Crippen LogP contribution >= 0.6 is 0 Å². The SMILES string of the molecule is Cc1nnc(-c2ccccc2S(C)(=O)=O)c2ccccc12. The van der Waals surface area contributed by atoms with Gasteiger partial charge in [0.25, 0.3) is 0 Å². The van der Waals surface area contributed by atoms with Crippen LogP contribution in [0.5, 0.6) is 0 Å². The van der Waals surface area contributed by atoms with Crippen LogP contribution < -0.4 is 0 Å². The molecular weight excluding hydrogens is 284 g/mol. The van der Waals surface area contributed by atoms with Gasteiger partial charge in [-0.1, -0.05) is 42.5 Å². The summed E-state index contributed by atoms with van der Waals surface area (Å²) in [4.78, 5) is 0.272. The predicted octanol–water partition coefficient (Wildman–Crippen LogP) is 3.01. The minimum absolute atomic E-state index is 0.272. The fraction of sp³-hybridized carbons (Fsp3) is 0.125. The number of hydrogen-bond acceptors (Lipinski definition) is 4. The largest absolute Gasteiger partial charge is 0.224 e. The number of nitrogens with zero attached hydrogens (tertiary/aromatic N) is 2. The second-order valence-electron chi connectivity index (χ2n) is 4.95. The quantitative estimate of drug-likeness (QED) is 0.729. The van der Waals surface area contributed by atoms with Gasteiger partial charge in [0, 0.05) is 22.6 Å². The first-order valence-electron chi connectivity index (χ1n) is 6.50. The molecule has 0 fully saturated rings. The lowest BCUT2D eigenvalue weighted by molar-refractivity contribution is 0.602. The Kier molecular flexibility index (Phi) is 3.22. The van der Waals surface area contributed by atoms with Crippen LogP contribution in [-0.2, 0) is 9.84 Å². The lowest BCUT2D eigenvalue weighted by atomic mass is 10.0. The van der Waals surface area contributed by atoms with Crippen molar-refractivity contribution in [3.63, 3.8) is 0 Å². The highest BCUT2D eigenvalue weighted by atomic mass is 32.2. The molecule has 2 aromatic carbocycles. The summed E-state index contributed by atoms with van der Waals surface area (Å²) in [5, 5.41) is 10.3. The molecule has 4 nitrogen and oxygen atoms in total. The second-order valence-corrected chi connectivity index (χ2v) is 6.93. The molecule has 1 heterocycles. The standard InChI is InChI=1S/C16H14N2O2S/c1-11-12-7-3-4-8-13(12)16(18-17-11)14-9-5-6-10-15(14)21(2,19)20/h3-10H,1-2H3. The Morgan fingerprint density at radius 1 is 0.857 bits per heavy atom. The van der Waals surface area contributed by atoms with E-state index in [0.717, 1.165) is 16.5 Å². The molecule has 0 saturated heterocycles. The third-order valence-electron chi connectivity index (χ3n) is 3.41. The highest BCUT2D eigenvalue weighted by Crippen LogP contribution is 2.31. The molecule has 0 saturated carbocycles. The van der Waals surface area contributed by atoms with Crippen molar-refractivity contribution in [3.8, 4) is 11.3 Å². The first-order chi connectivity index (χ1) is 9.98. The van der Waals surface area contributed by atoms with Crippen LogP contribution in [0, 0.1) is 6.92 Å². The molecular formula is C16H14N2O2S. The molecule has 0 aliphatic carbocycles. The first kappa shape index (κ1) is 13.7. The first-order valence-corrected chi connectivity index (χ1v) is 8.39. The van der Waals surface area contributed by atoms with Crippen molar-refractivity contribution in [2.75, 3.05) is 6.26 Å². The Labute approximate surface area is 123 Å². The summed E-state index contributed by atoms with van der Waals surface area (Å²) in [5.41, 5.74) is 2.01. The van der Waals surface area contributed by atoms with E-state index in [1.54, 1.807) is 24.3 Å². The van der Waals surface area contributed by atoms with Crippen molar-refractivity contribution in [2.24, 2.45) is 0 Å². The van der Waals surface area contributed by atoms with E-state index in [-0.39, 0.29) is 4.90 Å². The Balaban J connectivity index is 2.41. The monoisotopic (exact) mass is 298 g/mol. The number of rotatable bonds is 2. The van der Waals surface area contributed by atoms with Gasteiger partial charge in [-0.05, 0) is 13.0 Å². The van der Waals surface area contributed by atoms with Crippen molar-refractivity contribution >= 4 is 20.6 Å². The van der Waals surface area contributed by atoms with Crippen molar-refractivity contribution < 1.29 is 8.42 Å². The third kappa shape index (κ3) is 2.40. The van der Waals surface area contributed by atoms with Gasteiger partial charge in [0.15, 0.2) is 9.84 Å². The van der Waals surface area contributed by atoms with Gasteiger partial charge in [-0.2, -0.15) is 5.10 Å². The molecule has 0 N–H and O–H groups in total. The van der Waals surface area contributed by atoms with Crippen LogP contribution in [0.4, 0.5) is 0 Å². The lowest BCUT2D eigenvalue weighted by Crippen LogP contribution is -2.02. The maximum atomic E-state index is 12.0. The Bertz CT molecular complexity index is 934. The van der Waals surface area contributed by atoms with Gasteiger partial charge in [0.1, 0.15) is 5.69 Å². The Morgan fingerprint density at radius 3 is 2.19 bits per heavy atom. The van der Waals surface area contributed by atoms with Crippen molar-refractivity contribution in [2.45, 2.75) is 11.8 Å². The highest BCUT2D eigenvalue weighted by Gasteiger charge is 2.17. The van der Waals surface area contributed by atoms with Gasteiger partial charge in [0.2, 0.25) is 0 Å². The summed E-state index contributed by atoms with van der Waals surface area (Å²) >= 11 is 0. The van der Waals surface area contributed by atoms with Crippen LogP contribution in [0.2, 0.25) is 0 Å². The molecule has 0 amide bonds. The summed E-state index contributed by atoms with van der Waals surface area (Å²) in [6.07, 6.45) is 1.20. The van der Waals surface area contributed by atoms with E-state index in [9.17, 15) is 8.42 Å². The lowest BCUT2D eigenvalue weighted by Gasteiger charge is -2.10. The molecule has 106 valence electrons. The van der Waals surface area contributed by atoms with Crippen molar-refractivity contribution in [1.29, 1.82) is 0 Å². The summed E-state index contributed by atoms with van der Waals surface area (Å²) in [5.74, 6) is 0. The van der Waals surface area contributed by atoms with Crippen LogP contribution in [0.25, 0.3) is 22.0 Å². The zero-order valence-electron chi connectivity index (χ0n) is 11.7. The number of aryl methyl sites for hydroxylation is 1. The van der Waals surface area contributed by atoms with E-state index < -0.39 is 9.84 Å². The molecule has 1 aromatic heterocycles. The van der Waals surface area contributed by atoms with Gasteiger partial charge in [-0.3, -0.25) is 0 Å².